The molecule has 11 nitrogen and oxygen atoms in total. The van der Waals surface area contributed by atoms with E-state index in [9.17, 15) is 9.18 Å². The molecule has 1 unspecified atom stereocenters. The molecular weight excluding hydrogens is 441 g/mol. The number of hydrogen-bond acceptors (Lipinski definition) is 9. The van der Waals surface area contributed by atoms with Crippen molar-refractivity contribution in [3.63, 3.8) is 0 Å². The van der Waals surface area contributed by atoms with Crippen LogP contribution in [0, 0.1) is 5.82 Å². The highest BCUT2D eigenvalue weighted by Crippen LogP contribution is 2.29. The molecule has 0 amide bonds. The van der Waals surface area contributed by atoms with Gasteiger partial charge in [-0.1, -0.05) is 6.42 Å². The SMILES string of the molecule is COc1cc(Nc2ncc(F)c(N[C@@H]3CCCN4CCCCC34)n2)cc(-n2nnn(C)c2=O)c1. The number of nitrogens with one attached hydrogen (secondary N) is 2. The molecule has 2 aliphatic heterocycles. The number of halogens is 1. The van der Waals surface area contributed by atoms with Crippen LogP contribution in [0.1, 0.15) is 32.1 Å². The maximum Gasteiger partial charge on any atom is 0.368 e. The third-order valence-corrected chi connectivity index (χ3v) is 6.50. The molecule has 0 bridgehead atoms. The Morgan fingerprint density at radius 2 is 1.97 bits per heavy atom. The average Bonchev–Trinajstić information content (AvgIpc) is 3.19. The van der Waals surface area contributed by atoms with Crippen LogP contribution in [0.5, 0.6) is 5.75 Å². The number of methoxy groups -OCH3 is 1. The van der Waals surface area contributed by atoms with Crippen molar-refractivity contribution >= 4 is 17.5 Å². The minimum Gasteiger partial charge on any atom is -0.497 e. The number of benzene rings is 1. The number of ether oxygens (including phenoxy) is 1. The van der Waals surface area contributed by atoms with Crippen LogP contribution in [0.4, 0.5) is 21.8 Å². The molecule has 0 spiro atoms. The summed E-state index contributed by atoms with van der Waals surface area (Å²) in [5.74, 6) is 0.419. The van der Waals surface area contributed by atoms with E-state index in [-0.39, 0.29) is 17.8 Å². The van der Waals surface area contributed by atoms with Crippen LogP contribution in [0.2, 0.25) is 0 Å². The Kier molecular flexibility index (Phi) is 6.14. The summed E-state index contributed by atoms with van der Waals surface area (Å²) in [7, 11) is 3.04. The number of aromatic nitrogens is 6. The van der Waals surface area contributed by atoms with E-state index in [4.69, 9.17) is 4.74 Å². The quantitative estimate of drug-likeness (QED) is 0.560. The first kappa shape index (κ1) is 22.3. The van der Waals surface area contributed by atoms with Crippen LogP contribution >= 0.6 is 0 Å². The normalized spacial score (nSPS) is 20.6. The average molecular weight is 470 g/mol. The van der Waals surface area contributed by atoms with Gasteiger partial charge in [0, 0.05) is 37.0 Å². The predicted octanol–water partition coefficient (Wildman–Crippen LogP) is 2.08. The molecule has 2 fully saturated rings. The van der Waals surface area contributed by atoms with Gasteiger partial charge in [-0.2, -0.15) is 14.3 Å². The largest absolute Gasteiger partial charge is 0.497 e. The lowest BCUT2D eigenvalue weighted by Gasteiger charge is -2.44. The van der Waals surface area contributed by atoms with Gasteiger partial charge in [-0.05, 0) is 55.3 Å². The van der Waals surface area contributed by atoms with Crippen LogP contribution in [-0.2, 0) is 7.05 Å². The second-order valence-corrected chi connectivity index (χ2v) is 8.72. The highest BCUT2D eigenvalue weighted by atomic mass is 19.1. The summed E-state index contributed by atoms with van der Waals surface area (Å²) in [4.78, 5) is 23.3. The summed E-state index contributed by atoms with van der Waals surface area (Å²) < 4.78 is 22.3. The standard InChI is InChI=1S/C22H28FN9O2/c1-30-22(33)32(29-28-30)15-10-14(11-16(12-15)34-2)25-21-24-13-17(23)20(27-21)26-18-6-5-9-31-8-4-3-7-19(18)31/h10-13,18-19H,3-9H2,1-2H3,(H2,24,25,26,27)/t18-,19?/m1/s1. The summed E-state index contributed by atoms with van der Waals surface area (Å²) >= 11 is 0. The van der Waals surface area contributed by atoms with Gasteiger partial charge in [0.1, 0.15) is 5.75 Å². The van der Waals surface area contributed by atoms with Gasteiger partial charge in [0.05, 0.1) is 19.0 Å². The van der Waals surface area contributed by atoms with Crippen molar-refractivity contribution < 1.29 is 9.13 Å². The third-order valence-electron chi connectivity index (χ3n) is 6.50. The lowest BCUT2D eigenvalue weighted by Crippen LogP contribution is -2.53. The molecule has 34 heavy (non-hydrogen) atoms. The molecule has 2 aliphatic rings. The molecule has 1 aromatic carbocycles. The highest BCUT2D eigenvalue weighted by molar-refractivity contribution is 5.61. The molecular formula is C22H28FN9O2. The van der Waals surface area contributed by atoms with Gasteiger partial charge in [0.2, 0.25) is 5.95 Å². The van der Waals surface area contributed by atoms with Crippen molar-refractivity contribution in [2.75, 3.05) is 30.8 Å². The van der Waals surface area contributed by atoms with Crippen molar-refractivity contribution in [1.29, 1.82) is 0 Å². The summed E-state index contributed by atoms with van der Waals surface area (Å²) in [6.45, 7) is 2.21. The fourth-order valence-electron chi connectivity index (χ4n) is 4.83. The zero-order valence-electron chi connectivity index (χ0n) is 19.2. The highest BCUT2D eigenvalue weighted by Gasteiger charge is 2.33. The summed E-state index contributed by atoms with van der Waals surface area (Å²) in [5, 5.41) is 14.0. The Morgan fingerprint density at radius 1 is 1.12 bits per heavy atom. The fourth-order valence-corrected chi connectivity index (χ4v) is 4.83. The summed E-state index contributed by atoms with van der Waals surface area (Å²) in [6.07, 6.45) is 6.77. The van der Waals surface area contributed by atoms with Crippen LogP contribution < -0.4 is 21.1 Å². The van der Waals surface area contributed by atoms with Gasteiger partial charge in [-0.15, -0.1) is 0 Å². The number of piperidine rings is 2. The van der Waals surface area contributed by atoms with Crippen molar-refractivity contribution in [3.05, 3.63) is 40.7 Å². The van der Waals surface area contributed by atoms with E-state index in [2.05, 4.69) is 35.9 Å². The van der Waals surface area contributed by atoms with E-state index in [1.165, 1.54) is 27.0 Å². The van der Waals surface area contributed by atoms with Crippen LogP contribution in [0.3, 0.4) is 0 Å². The molecule has 2 saturated heterocycles. The molecule has 5 rings (SSSR count). The third kappa shape index (κ3) is 4.45. The Bertz CT molecular complexity index is 1230. The number of fused-ring (bicyclic) bond motifs is 1. The van der Waals surface area contributed by atoms with E-state index in [1.54, 1.807) is 18.2 Å². The van der Waals surface area contributed by atoms with Gasteiger partial charge in [0.15, 0.2) is 11.6 Å². The molecule has 2 aromatic heterocycles. The maximum absolute atomic E-state index is 14.6. The first-order valence-electron chi connectivity index (χ1n) is 11.5. The minimum atomic E-state index is -0.490. The number of tetrazole rings is 1. The van der Waals surface area contributed by atoms with Crippen molar-refractivity contribution in [1.82, 2.24) is 34.7 Å². The number of nitrogens with zero attached hydrogens (tertiary/aromatic N) is 7. The number of rotatable bonds is 6. The smallest absolute Gasteiger partial charge is 0.368 e. The monoisotopic (exact) mass is 469 g/mol. The minimum absolute atomic E-state index is 0.151. The van der Waals surface area contributed by atoms with Crippen LogP contribution in [0.25, 0.3) is 5.69 Å². The van der Waals surface area contributed by atoms with Crippen LogP contribution in [0.15, 0.2) is 29.2 Å². The number of aryl methyl sites for hydroxylation is 1. The van der Waals surface area contributed by atoms with Crippen molar-refractivity contribution in [2.24, 2.45) is 7.05 Å². The molecule has 4 heterocycles. The number of anilines is 3. The fraction of sp³-hybridized carbons (Fsp3) is 0.500. The Balaban J connectivity index is 1.39. The van der Waals surface area contributed by atoms with Gasteiger partial charge in [-0.3, -0.25) is 4.90 Å². The van der Waals surface area contributed by atoms with Crippen molar-refractivity contribution in [3.8, 4) is 11.4 Å². The van der Waals surface area contributed by atoms with Crippen molar-refractivity contribution in [2.45, 2.75) is 44.2 Å². The van der Waals surface area contributed by atoms with Gasteiger partial charge in [-0.25, -0.2) is 14.2 Å². The first-order valence-corrected chi connectivity index (χ1v) is 11.5. The van der Waals surface area contributed by atoms with E-state index < -0.39 is 11.5 Å². The molecule has 2 atom stereocenters. The predicted molar refractivity (Wildman–Crippen MR) is 124 cm³/mol. The second-order valence-electron chi connectivity index (χ2n) is 8.72. The van der Waals surface area contributed by atoms with E-state index in [1.807, 2.05) is 0 Å². The summed E-state index contributed by atoms with van der Waals surface area (Å²) in [5.41, 5.74) is 0.619. The Labute approximate surface area is 195 Å². The molecule has 0 saturated carbocycles. The Hall–Kier alpha value is -3.54. The van der Waals surface area contributed by atoms with Gasteiger partial charge in [0.25, 0.3) is 0 Å². The second kappa shape index (κ2) is 9.37. The lowest BCUT2D eigenvalue weighted by molar-refractivity contribution is 0.0975. The first-order chi connectivity index (χ1) is 16.5. The molecule has 0 aliphatic carbocycles. The van der Waals surface area contributed by atoms with Gasteiger partial charge >= 0.3 is 5.69 Å². The molecule has 0 radical (unpaired) electrons. The van der Waals surface area contributed by atoms with Crippen LogP contribution in [-0.4, -0.2) is 66.9 Å². The molecule has 180 valence electrons. The molecule has 2 N–H and O–H groups in total. The Morgan fingerprint density at radius 3 is 2.76 bits per heavy atom. The zero-order chi connectivity index (χ0) is 23.7. The lowest BCUT2D eigenvalue weighted by atomic mass is 9.89. The molecule has 3 aromatic rings. The molecule has 12 heteroatoms. The van der Waals surface area contributed by atoms with E-state index in [0.29, 0.717) is 23.2 Å². The van der Waals surface area contributed by atoms with E-state index in [0.717, 1.165) is 47.9 Å². The van der Waals surface area contributed by atoms with Gasteiger partial charge < -0.3 is 15.4 Å². The maximum atomic E-state index is 14.6. The van der Waals surface area contributed by atoms with E-state index >= 15 is 0 Å². The summed E-state index contributed by atoms with van der Waals surface area (Å²) in [6, 6.07) is 5.64. The topological polar surface area (TPSA) is 115 Å². The number of hydrogen-bond donors (Lipinski definition) is 2. The zero-order valence-corrected chi connectivity index (χ0v) is 19.2.